The summed E-state index contributed by atoms with van der Waals surface area (Å²) in [5.41, 5.74) is 0.869. The number of benzene rings is 1. The summed E-state index contributed by atoms with van der Waals surface area (Å²) in [4.78, 5) is 39.8. The molecule has 1 atom stereocenters. The number of nitrogens with zero attached hydrogens (tertiary/aromatic N) is 3. The zero-order valence-corrected chi connectivity index (χ0v) is 15.0. The van der Waals surface area contributed by atoms with Gasteiger partial charge in [-0.1, -0.05) is 0 Å². The maximum absolute atomic E-state index is 12.8. The fraction of sp³-hybridized carbons (Fsp3) is 0.474. The van der Waals surface area contributed by atoms with Gasteiger partial charge < -0.3 is 19.9 Å². The lowest BCUT2D eigenvalue weighted by molar-refractivity contribution is -0.135. The molecule has 7 heteroatoms. The third-order valence-electron chi connectivity index (χ3n) is 4.51. The lowest BCUT2D eigenvalue weighted by Crippen LogP contribution is -2.54. The van der Waals surface area contributed by atoms with Crippen molar-refractivity contribution in [3.63, 3.8) is 0 Å². The Kier molecular flexibility index (Phi) is 7.30. The zero-order chi connectivity index (χ0) is 18.9. The second-order valence-electron chi connectivity index (χ2n) is 6.44. The molecule has 0 saturated carbocycles. The second-order valence-corrected chi connectivity index (χ2v) is 6.44. The first-order chi connectivity index (χ1) is 12.5. The van der Waals surface area contributed by atoms with Crippen LogP contribution in [0.25, 0.3) is 0 Å². The molecule has 0 unspecified atom stereocenters. The molecule has 2 amide bonds. The van der Waals surface area contributed by atoms with E-state index in [-0.39, 0.29) is 11.8 Å². The monoisotopic (exact) mass is 356 g/mol. The Balaban J connectivity index is 2.05. The lowest BCUT2D eigenvalue weighted by Gasteiger charge is -2.34. The SMILES string of the molecule is CN1CCN(C(=O)[C@H](CCCC=O)NC(=O)c2ccc(C#N)cc2)CC1. The predicted octanol–water partition coefficient (Wildman–Crippen LogP) is 0.800. The molecule has 1 aromatic rings. The van der Waals surface area contributed by atoms with Crippen molar-refractivity contribution in [1.29, 1.82) is 5.26 Å². The molecule has 1 saturated heterocycles. The summed E-state index contributed by atoms with van der Waals surface area (Å²) in [5.74, 6) is -0.459. The highest BCUT2D eigenvalue weighted by molar-refractivity contribution is 5.97. The first kappa shape index (κ1) is 19.6. The Labute approximate surface area is 153 Å². The fourth-order valence-corrected chi connectivity index (χ4v) is 2.85. The molecular weight excluding hydrogens is 332 g/mol. The smallest absolute Gasteiger partial charge is 0.251 e. The van der Waals surface area contributed by atoms with Gasteiger partial charge in [0.2, 0.25) is 5.91 Å². The van der Waals surface area contributed by atoms with Crippen molar-refractivity contribution in [2.24, 2.45) is 0 Å². The first-order valence-corrected chi connectivity index (χ1v) is 8.77. The number of carbonyl (C=O) groups excluding carboxylic acids is 3. The Morgan fingerprint density at radius 2 is 1.88 bits per heavy atom. The minimum absolute atomic E-state index is 0.106. The topological polar surface area (TPSA) is 93.5 Å². The molecule has 1 aliphatic heterocycles. The summed E-state index contributed by atoms with van der Waals surface area (Å²) in [7, 11) is 2.01. The van der Waals surface area contributed by atoms with Gasteiger partial charge in [0.15, 0.2) is 0 Å². The predicted molar refractivity (Wildman–Crippen MR) is 96.4 cm³/mol. The van der Waals surface area contributed by atoms with E-state index < -0.39 is 6.04 Å². The number of hydrogen-bond acceptors (Lipinski definition) is 5. The van der Waals surface area contributed by atoms with Crippen molar-refractivity contribution < 1.29 is 14.4 Å². The molecule has 1 fully saturated rings. The van der Waals surface area contributed by atoms with E-state index in [0.29, 0.717) is 43.5 Å². The third kappa shape index (κ3) is 5.39. The molecule has 0 radical (unpaired) electrons. The van der Waals surface area contributed by atoms with Gasteiger partial charge in [0.05, 0.1) is 11.6 Å². The normalized spacial score (nSPS) is 15.8. The van der Waals surface area contributed by atoms with E-state index >= 15 is 0 Å². The minimum atomic E-state index is -0.651. The van der Waals surface area contributed by atoms with Crippen LogP contribution in [0.4, 0.5) is 0 Å². The summed E-state index contributed by atoms with van der Waals surface area (Å²) >= 11 is 0. The van der Waals surface area contributed by atoms with Gasteiger partial charge in [-0.05, 0) is 44.2 Å². The highest BCUT2D eigenvalue weighted by Crippen LogP contribution is 2.10. The van der Waals surface area contributed by atoms with E-state index in [1.807, 2.05) is 13.1 Å². The molecule has 26 heavy (non-hydrogen) atoms. The number of amides is 2. The van der Waals surface area contributed by atoms with Crippen molar-refractivity contribution in [1.82, 2.24) is 15.1 Å². The summed E-state index contributed by atoms with van der Waals surface area (Å²) in [6.45, 7) is 2.87. The average Bonchev–Trinajstić information content (AvgIpc) is 2.67. The van der Waals surface area contributed by atoms with E-state index in [9.17, 15) is 14.4 Å². The van der Waals surface area contributed by atoms with E-state index in [2.05, 4.69) is 10.2 Å². The summed E-state index contributed by atoms with van der Waals surface area (Å²) in [5, 5.41) is 11.6. The molecule has 1 heterocycles. The number of nitrogens with one attached hydrogen (secondary N) is 1. The lowest BCUT2D eigenvalue weighted by atomic mass is 10.1. The van der Waals surface area contributed by atoms with Crippen molar-refractivity contribution >= 4 is 18.1 Å². The van der Waals surface area contributed by atoms with Gasteiger partial charge in [0.1, 0.15) is 12.3 Å². The number of hydrogen-bond donors (Lipinski definition) is 1. The van der Waals surface area contributed by atoms with Crippen molar-refractivity contribution in [3.05, 3.63) is 35.4 Å². The third-order valence-corrected chi connectivity index (χ3v) is 4.51. The van der Waals surface area contributed by atoms with Crippen LogP contribution in [-0.2, 0) is 9.59 Å². The Morgan fingerprint density at radius 1 is 1.23 bits per heavy atom. The molecule has 1 N–H and O–H groups in total. The number of rotatable bonds is 7. The van der Waals surface area contributed by atoms with Crippen LogP contribution in [0.5, 0.6) is 0 Å². The van der Waals surface area contributed by atoms with Gasteiger partial charge in [-0.2, -0.15) is 5.26 Å². The maximum atomic E-state index is 12.8. The van der Waals surface area contributed by atoms with E-state index in [4.69, 9.17) is 5.26 Å². The maximum Gasteiger partial charge on any atom is 0.251 e. The quantitative estimate of drug-likeness (QED) is 0.576. The summed E-state index contributed by atoms with van der Waals surface area (Å²) in [6, 6.07) is 7.62. The number of carbonyl (C=O) groups is 3. The van der Waals surface area contributed by atoms with Gasteiger partial charge in [-0.15, -0.1) is 0 Å². The molecule has 1 aromatic carbocycles. The van der Waals surface area contributed by atoms with Gasteiger partial charge in [0, 0.05) is 38.2 Å². The van der Waals surface area contributed by atoms with Crippen LogP contribution in [0.15, 0.2) is 24.3 Å². The standard InChI is InChI=1S/C19H24N4O3/c1-22-9-11-23(12-10-22)19(26)17(4-2-3-13-24)21-18(25)16-7-5-15(14-20)6-8-16/h5-8,13,17H,2-4,9-12H2,1H3,(H,21,25)/t17-/m0/s1. The molecule has 2 rings (SSSR count). The van der Waals surface area contributed by atoms with Crippen LogP contribution in [-0.4, -0.2) is 67.2 Å². The highest BCUT2D eigenvalue weighted by Gasteiger charge is 2.27. The number of aldehydes is 1. The fourth-order valence-electron chi connectivity index (χ4n) is 2.85. The van der Waals surface area contributed by atoms with Crippen LogP contribution in [0, 0.1) is 11.3 Å². The Morgan fingerprint density at radius 3 is 2.46 bits per heavy atom. The van der Waals surface area contributed by atoms with Gasteiger partial charge in [-0.25, -0.2) is 0 Å². The zero-order valence-electron chi connectivity index (χ0n) is 15.0. The number of unbranched alkanes of at least 4 members (excludes halogenated alkanes) is 1. The molecule has 138 valence electrons. The Bertz CT molecular complexity index is 673. The van der Waals surface area contributed by atoms with Crippen molar-refractivity contribution in [3.8, 4) is 6.07 Å². The molecule has 0 bridgehead atoms. The second kappa shape index (κ2) is 9.68. The number of likely N-dealkylation sites (N-methyl/N-ethyl adjacent to an activating group) is 1. The van der Waals surface area contributed by atoms with Crippen molar-refractivity contribution in [2.75, 3.05) is 33.2 Å². The van der Waals surface area contributed by atoms with E-state index in [0.717, 1.165) is 19.4 Å². The molecule has 0 aliphatic carbocycles. The molecule has 7 nitrogen and oxygen atoms in total. The Hall–Kier alpha value is -2.72. The van der Waals surface area contributed by atoms with E-state index in [1.54, 1.807) is 29.2 Å². The molecule has 1 aliphatic rings. The van der Waals surface area contributed by atoms with Gasteiger partial charge >= 0.3 is 0 Å². The average molecular weight is 356 g/mol. The summed E-state index contributed by atoms with van der Waals surface area (Å²) in [6.07, 6.45) is 2.15. The molecular formula is C19H24N4O3. The van der Waals surface area contributed by atoms with Gasteiger partial charge in [0.25, 0.3) is 5.91 Å². The van der Waals surface area contributed by atoms with Crippen molar-refractivity contribution in [2.45, 2.75) is 25.3 Å². The highest BCUT2D eigenvalue weighted by atomic mass is 16.2. The van der Waals surface area contributed by atoms with Crippen LogP contribution in [0.3, 0.4) is 0 Å². The van der Waals surface area contributed by atoms with Crippen LogP contribution in [0.2, 0.25) is 0 Å². The molecule has 0 spiro atoms. The molecule has 0 aromatic heterocycles. The van der Waals surface area contributed by atoms with Crippen LogP contribution >= 0.6 is 0 Å². The van der Waals surface area contributed by atoms with E-state index in [1.165, 1.54) is 0 Å². The van der Waals surface area contributed by atoms with Crippen LogP contribution in [0.1, 0.15) is 35.2 Å². The van der Waals surface area contributed by atoms with Gasteiger partial charge in [-0.3, -0.25) is 9.59 Å². The minimum Gasteiger partial charge on any atom is -0.340 e. The largest absolute Gasteiger partial charge is 0.340 e. The number of piperazine rings is 1. The summed E-state index contributed by atoms with van der Waals surface area (Å²) < 4.78 is 0. The first-order valence-electron chi connectivity index (χ1n) is 8.77. The van der Waals surface area contributed by atoms with Crippen LogP contribution < -0.4 is 5.32 Å². The number of nitriles is 1.